The van der Waals surface area contributed by atoms with Crippen molar-refractivity contribution in [2.24, 2.45) is 4.99 Å². The van der Waals surface area contributed by atoms with Gasteiger partial charge in [-0.1, -0.05) is 18.2 Å². The van der Waals surface area contributed by atoms with Crippen LogP contribution in [0.25, 0.3) is 5.69 Å². The van der Waals surface area contributed by atoms with Crippen LogP contribution in [0.4, 0.5) is 8.78 Å². The molecule has 1 aliphatic heterocycles. The maximum Gasteiger partial charge on any atom is 0.387 e. The number of alkyl halides is 2. The van der Waals surface area contributed by atoms with Gasteiger partial charge in [0.05, 0.1) is 13.1 Å². The van der Waals surface area contributed by atoms with Gasteiger partial charge < -0.3 is 24.8 Å². The van der Waals surface area contributed by atoms with Crippen molar-refractivity contribution < 1.29 is 23.0 Å². The lowest BCUT2D eigenvalue weighted by Crippen LogP contribution is -2.37. The molecule has 1 aromatic heterocycles. The molecule has 3 aromatic rings. The molecular formula is C21H23F2IN6O3. The zero-order chi connectivity index (χ0) is 22.3. The van der Waals surface area contributed by atoms with Gasteiger partial charge in [-0.3, -0.25) is 4.57 Å². The Hall–Kier alpha value is -3.16. The first-order chi connectivity index (χ1) is 15.6. The van der Waals surface area contributed by atoms with E-state index in [9.17, 15) is 8.78 Å². The van der Waals surface area contributed by atoms with Crippen molar-refractivity contribution in [3.63, 3.8) is 0 Å². The number of rotatable bonds is 8. The average molecular weight is 572 g/mol. The summed E-state index contributed by atoms with van der Waals surface area (Å²) in [4.78, 5) is 4.49. The SMILES string of the molecule is CCNC(=NCc1cc2c(cc1OC(F)F)OCO2)NCc1nncn1-c1ccccc1.I. The van der Waals surface area contributed by atoms with Crippen LogP contribution in [-0.4, -0.2) is 40.7 Å². The van der Waals surface area contributed by atoms with Gasteiger partial charge in [0.15, 0.2) is 23.3 Å². The molecule has 0 unspecified atom stereocenters. The maximum atomic E-state index is 12.9. The van der Waals surface area contributed by atoms with Gasteiger partial charge in [-0.25, -0.2) is 4.99 Å². The van der Waals surface area contributed by atoms with Crippen LogP contribution < -0.4 is 24.8 Å². The Morgan fingerprint density at radius 1 is 1.18 bits per heavy atom. The van der Waals surface area contributed by atoms with Gasteiger partial charge in [0, 0.05) is 23.9 Å². The molecule has 1 aliphatic rings. The van der Waals surface area contributed by atoms with E-state index in [4.69, 9.17) is 9.47 Å². The normalized spacial score (nSPS) is 12.4. The smallest absolute Gasteiger partial charge is 0.387 e. The lowest BCUT2D eigenvalue weighted by atomic mass is 10.1. The fourth-order valence-electron chi connectivity index (χ4n) is 3.15. The van der Waals surface area contributed by atoms with Gasteiger partial charge in [-0.05, 0) is 25.1 Å². The highest BCUT2D eigenvalue weighted by Crippen LogP contribution is 2.39. The van der Waals surface area contributed by atoms with Crippen molar-refractivity contribution in [1.82, 2.24) is 25.4 Å². The number of hydrogen-bond acceptors (Lipinski definition) is 6. The summed E-state index contributed by atoms with van der Waals surface area (Å²) in [6.07, 6.45) is 1.64. The molecule has 0 amide bonds. The molecule has 9 nitrogen and oxygen atoms in total. The molecule has 2 N–H and O–H groups in total. The van der Waals surface area contributed by atoms with Gasteiger partial charge >= 0.3 is 6.61 Å². The predicted octanol–water partition coefficient (Wildman–Crippen LogP) is 3.47. The average Bonchev–Trinajstić information content (AvgIpc) is 3.44. The molecule has 0 radical (unpaired) electrons. The predicted molar refractivity (Wildman–Crippen MR) is 128 cm³/mol. The fourth-order valence-corrected chi connectivity index (χ4v) is 3.15. The number of nitrogens with zero attached hydrogens (tertiary/aromatic N) is 4. The Labute approximate surface area is 206 Å². The molecule has 0 atom stereocenters. The van der Waals surface area contributed by atoms with Gasteiger partial charge in [0.2, 0.25) is 6.79 Å². The van der Waals surface area contributed by atoms with Gasteiger partial charge in [0.25, 0.3) is 0 Å². The second-order valence-electron chi connectivity index (χ2n) is 6.69. The third-order valence-corrected chi connectivity index (χ3v) is 4.59. The number of ether oxygens (including phenoxy) is 3. The number of nitrogens with one attached hydrogen (secondary N) is 2. The summed E-state index contributed by atoms with van der Waals surface area (Å²) in [5.41, 5.74) is 1.38. The monoisotopic (exact) mass is 572 g/mol. The van der Waals surface area contributed by atoms with Crippen molar-refractivity contribution >= 4 is 29.9 Å². The molecule has 0 aliphatic carbocycles. The van der Waals surface area contributed by atoms with Crippen molar-refractivity contribution in [2.75, 3.05) is 13.3 Å². The number of hydrogen-bond donors (Lipinski definition) is 2. The highest BCUT2D eigenvalue weighted by atomic mass is 127. The molecule has 0 bridgehead atoms. The van der Waals surface area contributed by atoms with Crippen LogP contribution in [0.5, 0.6) is 17.2 Å². The zero-order valence-electron chi connectivity index (χ0n) is 17.7. The lowest BCUT2D eigenvalue weighted by molar-refractivity contribution is -0.0505. The minimum atomic E-state index is -2.96. The Bertz CT molecular complexity index is 1080. The summed E-state index contributed by atoms with van der Waals surface area (Å²) in [6.45, 7) is 0.0344. The van der Waals surface area contributed by atoms with E-state index in [-0.39, 0.29) is 43.1 Å². The summed E-state index contributed by atoms with van der Waals surface area (Å²) in [5.74, 6) is 1.99. The second-order valence-corrected chi connectivity index (χ2v) is 6.69. The Kier molecular flexibility index (Phi) is 8.63. The number of aliphatic imine (C=N–C) groups is 1. The number of fused-ring (bicyclic) bond motifs is 1. The van der Waals surface area contributed by atoms with Crippen LogP contribution in [0.1, 0.15) is 18.3 Å². The molecule has 2 heterocycles. The molecule has 0 fully saturated rings. The van der Waals surface area contributed by atoms with Crippen molar-refractivity contribution in [2.45, 2.75) is 26.6 Å². The number of aromatic nitrogens is 3. The van der Waals surface area contributed by atoms with Gasteiger partial charge in [-0.2, -0.15) is 8.78 Å². The first-order valence-corrected chi connectivity index (χ1v) is 9.98. The quantitative estimate of drug-likeness (QED) is 0.243. The van der Waals surface area contributed by atoms with Gasteiger partial charge in [0.1, 0.15) is 12.1 Å². The van der Waals surface area contributed by atoms with Crippen molar-refractivity contribution in [1.29, 1.82) is 0 Å². The molecule has 2 aromatic carbocycles. The largest absolute Gasteiger partial charge is 0.454 e. The third kappa shape index (κ3) is 6.21. The molecule has 0 saturated heterocycles. The second kappa shape index (κ2) is 11.6. The van der Waals surface area contributed by atoms with Crippen LogP contribution in [0, 0.1) is 0 Å². The van der Waals surface area contributed by atoms with E-state index < -0.39 is 6.61 Å². The summed E-state index contributed by atoms with van der Waals surface area (Å²) < 4.78 is 42.8. The molecule has 4 rings (SSSR count). The van der Waals surface area contributed by atoms with Crippen molar-refractivity contribution in [3.05, 3.63) is 60.2 Å². The van der Waals surface area contributed by atoms with E-state index in [1.807, 2.05) is 41.8 Å². The Morgan fingerprint density at radius 2 is 1.94 bits per heavy atom. The molecule has 12 heteroatoms. The molecular weight excluding hydrogens is 549 g/mol. The first kappa shape index (κ1) is 24.5. The molecule has 176 valence electrons. The number of benzene rings is 2. The lowest BCUT2D eigenvalue weighted by Gasteiger charge is -2.14. The number of para-hydroxylation sites is 1. The van der Waals surface area contributed by atoms with Crippen molar-refractivity contribution in [3.8, 4) is 22.9 Å². The highest BCUT2D eigenvalue weighted by molar-refractivity contribution is 14.0. The summed E-state index contributed by atoms with van der Waals surface area (Å²) in [7, 11) is 0. The summed E-state index contributed by atoms with van der Waals surface area (Å²) >= 11 is 0. The number of halogens is 3. The van der Waals surface area contributed by atoms with E-state index >= 15 is 0 Å². The van der Waals surface area contributed by atoms with Gasteiger partial charge in [-0.15, -0.1) is 34.2 Å². The van der Waals surface area contributed by atoms with E-state index in [2.05, 4.69) is 30.6 Å². The van der Waals surface area contributed by atoms with E-state index in [0.29, 0.717) is 41.9 Å². The standard InChI is InChI=1S/C21H22F2N6O3.HI/c1-2-24-21(26-11-19-28-27-12-29(19)15-6-4-3-5-7-15)25-10-14-8-17-18(31-13-30-17)9-16(14)32-20(22)23;/h3-9,12,20H,2,10-11,13H2,1H3,(H2,24,25,26);1H. The minimum Gasteiger partial charge on any atom is -0.454 e. The van der Waals surface area contributed by atoms with E-state index in [1.165, 1.54) is 6.07 Å². The molecule has 0 spiro atoms. The first-order valence-electron chi connectivity index (χ1n) is 9.98. The topological polar surface area (TPSA) is 94.8 Å². The summed E-state index contributed by atoms with van der Waals surface area (Å²) in [6, 6.07) is 12.7. The Morgan fingerprint density at radius 3 is 2.67 bits per heavy atom. The third-order valence-electron chi connectivity index (χ3n) is 4.59. The molecule has 33 heavy (non-hydrogen) atoms. The van der Waals surface area contributed by atoms with Crippen LogP contribution >= 0.6 is 24.0 Å². The van der Waals surface area contributed by atoms with E-state index in [0.717, 1.165) is 5.69 Å². The van der Waals surface area contributed by atoms with Crippen LogP contribution in [0.3, 0.4) is 0 Å². The highest BCUT2D eigenvalue weighted by Gasteiger charge is 2.20. The molecule has 0 saturated carbocycles. The Balaban J connectivity index is 0.00000306. The van der Waals surface area contributed by atoms with Crippen LogP contribution in [0.15, 0.2) is 53.8 Å². The van der Waals surface area contributed by atoms with Crippen LogP contribution in [0.2, 0.25) is 0 Å². The summed E-state index contributed by atoms with van der Waals surface area (Å²) in [5, 5.41) is 14.5. The zero-order valence-corrected chi connectivity index (χ0v) is 20.0. The van der Waals surface area contributed by atoms with E-state index in [1.54, 1.807) is 12.4 Å². The minimum absolute atomic E-state index is 0. The maximum absolute atomic E-state index is 12.9. The number of guanidine groups is 1. The fraction of sp³-hybridized carbons (Fsp3) is 0.286. The van der Waals surface area contributed by atoms with Crippen LogP contribution in [-0.2, 0) is 13.1 Å².